The highest BCUT2D eigenvalue weighted by molar-refractivity contribution is 6.28. The van der Waals surface area contributed by atoms with Crippen molar-refractivity contribution in [1.29, 1.82) is 0 Å². The third-order valence-corrected chi connectivity index (χ3v) is 13.3. The lowest BCUT2D eigenvalue weighted by molar-refractivity contribution is 0.587. The van der Waals surface area contributed by atoms with E-state index in [0.717, 1.165) is 54.6 Å². The van der Waals surface area contributed by atoms with Crippen molar-refractivity contribution in [2.45, 2.75) is 0 Å². The molecule has 0 aliphatic carbocycles. The van der Waals surface area contributed by atoms with Crippen LogP contribution in [-0.2, 0) is 0 Å². The van der Waals surface area contributed by atoms with E-state index in [1.807, 2.05) is 218 Å². The molecule has 0 saturated carbocycles. The van der Waals surface area contributed by atoms with Gasteiger partial charge in [0.05, 0.1) is 11.4 Å². The molecule has 2 nitrogen and oxygen atoms in total. The lowest BCUT2D eigenvalue weighted by Gasteiger charge is -2.30. The standard InChI is InChI=1S/C64H40F4N2/c65-55-37-35-51(45-17-9-3-10-18-45)61(67)63(55)69(49-29-21-43(22-30-49)41-13-5-1-6-14-41)57-39-27-47-26-34-54-58(40-28-48-25-33-53(57)59(47)60(48)54)70(50-31-23-44(24-32-50)42-15-7-2-8-16-42)64-56(66)38-36-52(62(64)68)46-19-11-4-12-20-46/h1-40H. The molecule has 0 aliphatic heterocycles. The number of hydrogen-bond donors (Lipinski definition) is 0. The summed E-state index contributed by atoms with van der Waals surface area (Å²) in [5.74, 6) is -2.87. The molecule has 0 unspecified atom stereocenters. The number of benzene rings is 12. The molecule has 0 N–H and O–H groups in total. The number of rotatable bonds is 10. The highest BCUT2D eigenvalue weighted by Gasteiger charge is 2.29. The summed E-state index contributed by atoms with van der Waals surface area (Å²) in [6, 6.07) is 74.9. The van der Waals surface area contributed by atoms with Crippen LogP contribution in [0.5, 0.6) is 0 Å². The van der Waals surface area contributed by atoms with Crippen molar-refractivity contribution in [2.24, 2.45) is 0 Å². The average molecular weight is 913 g/mol. The van der Waals surface area contributed by atoms with E-state index < -0.39 is 23.3 Å². The van der Waals surface area contributed by atoms with Crippen LogP contribution in [0.2, 0.25) is 0 Å². The van der Waals surface area contributed by atoms with Crippen molar-refractivity contribution in [3.8, 4) is 44.5 Å². The zero-order valence-corrected chi connectivity index (χ0v) is 37.5. The second-order valence-corrected chi connectivity index (χ2v) is 17.3. The van der Waals surface area contributed by atoms with E-state index in [2.05, 4.69) is 0 Å². The van der Waals surface area contributed by atoms with Crippen LogP contribution in [0.4, 0.5) is 51.7 Å². The number of nitrogens with zero attached hydrogens (tertiary/aromatic N) is 2. The fraction of sp³-hybridized carbons (Fsp3) is 0. The van der Waals surface area contributed by atoms with E-state index >= 15 is 17.6 Å². The quantitative estimate of drug-likeness (QED) is 0.0996. The summed E-state index contributed by atoms with van der Waals surface area (Å²) in [6.45, 7) is 0. The third kappa shape index (κ3) is 7.29. The van der Waals surface area contributed by atoms with Gasteiger partial charge in [0.2, 0.25) is 0 Å². The van der Waals surface area contributed by atoms with Gasteiger partial charge >= 0.3 is 0 Å². The van der Waals surface area contributed by atoms with Crippen molar-refractivity contribution in [2.75, 3.05) is 9.80 Å². The molecule has 0 aromatic heterocycles. The Morgan fingerprint density at radius 2 is 0.571 bits per heavy atom. The summed E-state index contributed by atoms with van der Waals surface area (Å²) in [6.07, 6.45) is 0. The lowest BCUT2D eigenvalue weighted by Crippen LogP contribution is -2.15. The van der Waals surface area contributed by atoms with Crippen LogP contribution in [-0.4, -0.2) is 0 Å². The Bertz CT molecular complexity index is 3590. The first-order valence-corrected chi connectivity index (χ1v) is 23.1. The Balaban J connectivity index is 1.09. The number of halogens is 4. The summed E-state index contributed by atoms with van der Waals surface area (Å²) in [7, 11) is 0. The van der Waals surface area contributed by atoms with Gasteiger partial charge in [-0.25, -0.2) is 17.6 Å². The maximum Gasteiger partial charge on any atom is 0.158 e. The lowest BCUT2D eigenvalue weighted by atomic mass is 9.91. The van der Waals surface area contributed by atoms with Gasteiger partial charge in [-0.3, -0.25) is 0 Å². The van der Waals surface area contributed by atoms with Crippen LogP contribution in [0.25, 0.3) is 76.8 Å². The Morgan fingerprint density at radius 1 is 0.257 bits per heavy atom. The molecule has 12 rings (SSSR count). The average Bonchev–Trinajstić information content (AvgIpc) is 3.42. The fourth-order valence-corrected chi connectivity index (χ4v) is 9.98. The van der Waals surface area contributed by atoms with E-state index in [-0.39, 0.29) is 22.5 Å². The van der Waals surface area contributed by atoms with Crippen molar-refractivity contribution in [1.82, 2.24) is 0 Å². The molecule has 70 heavy (non-hydrogen) atoms. The molecular formula is C64H40F4N2. The van der Waals surface area contributed by atoms with Crippen molar-refractivity contribution >= 4 is 66.4 Å². The van der Waals surface area contributed by atoms with Crippen LogP contribution < -0.4 is 9.80 Å². The Hall–Kier alpha value is -9.00. The van der Waals surface area contributed by atoms with Gasteiger partial charge < -0.3 is 9.80 Å². The Kier molecular flexibility index (Phi) is 10.6. The topological polar surface area (TPSA) is 6.48 Å². The van der Waals surface area contributed by atoms with Crippen LogP contribution >= 0.6 is 0 Å². The first-order valence-electron chi connectivity index (χ1n) is 23.1. The second-order valence-electron chi connectivity index (χ2n) is 17.3. The molecule has 0 amide bonds. The molecule has 12 aromatic carbocycles. The van der Waals surface area contributed by atoms with Crippen LogP contribution in [0.15, 0.2) is 243 Å². The second kappa shape index (κ2) is 17.6. The minimum absolute atomic E-state index is 0.223. The van der Waals surface area contributed by atoms with Crippen molar-refractivity contribution < 1.29 is 17.6 Å². The third-order valence-electron chi connectivity index (χ3n) is 13.3. The molecule has 0 fully saturated rings. The predicted molar refractivity (Wildman–Crippen MR) is 281 cm³/mol. The molecule has 6 heteroatoms. The molecule has 0 atom stereocenters. The van der Waals surface area contributed by atoms with Gasteiger partial charge in [-0.05, 0) is 116 Å². The van der Waals surface area contributed by atoms with Crippen LogP contribution in [0, 0.1) is 23.3 Å². The van der Waals surface area contributed by atoms with Gasteiger partial charge in [0.15, 0.2) is 11.6 Å². The van der Waals surface area contributed by atoms with E-state index in [4.69, 9.17) is 0 Å². The Labute approximate surface area is 402 Å². The molecule has 0 bridgehead atoms. The first-order chi connectivity index (χ1) is 34.4. The van der Waals surface area contributed by atoms with Gasteiger partial charge in [0.25, 0.3) is 0 Å². The number of anilines is 6. The predicted octanol–water partition coefficient (Wildman–Crippen LogP) is 18.7. The van der Waals surface area contributed by atoms with Crippen LogP contribution in [0.3, 0.4) is 0 Å². The summed E-state index contributed by atoms with van der Waals surface area (Å²) >= 11 is 0. The minimum Gasteiger partial charge on any atom is -0.305 e. The molecule has 0 aliphatic rings. The summed E-state index contributed by atoms with van der Waals surface area (Å²) in [4.78, 5) is 3.33. The number of hydrogen-bond acceptors (Lipinski definition) is 2. The molecule has 12 aromatic rings. The molecular weight excluding hydrogens is 873 g/mol. The molecule has 0 spiro atoms. The molecule has 0 heterocycles. The summed E-state index contributed by atoms with van der Waals surface area (Å²) in [5.41, 5.74) is 7.42. The van der Waals surface area contributed by atoms with Gasteiger partial charge in [-0.1, -0.05) is 182 Å². The van der Waals surface area contributed by atoms with Crippen LogP contribution in [0.1, 0.15) is 0 Å². The van der Waals surface area contributed by atoms with E-state index in [9.17, 15) is 0 Å². The summed E-state index contributed by atoms with van der Waals surface area (Å²) in [5, 5.41) is 4.89. The van der Waals surface area contributed by atoms with Crippen molar-refractivity contribution in [3.63, 3.8) is 0 Å². The van der Waals surface area contributed by atoms with E-state index in [1.54, 1.807) is 9.80 Å². The maximum absolute atomic E-state index is 17.4. The van der Waals surface area contributed by atoms with Gasteiger partial charge in [-0.2, -0.15) is 0 Å². The van der Waals surface area contributed by atoms with Gasteiger partial charge in [0, 0.05) is 33.3 Å². The highest BCUT2D eigenvalue weighted by Crippen LogP contribution is 2.50. The Morgan fingerprint density at radius 3 is 0.929 bits per heavy atom. The smallest absolute Gasteiger partial charge is 0.158 e. The van der Waals surface area contributed by atoms with E-state index in [1.165, 1.54) is 24.3 Å². The summed E-state index contributed by atoms with van der Waals surface area (Å²) < 4.78 is 68.3. The molecule has 0 radical (unpaired) electrons. The minimum atomic E-state index is -0.729. The zero-order chi connectivity index (χ0) is 47.3. The van der Waals surface area contributed by atoms with Gasteiger partial charge in [0.1, 0.15) is 23.0 Å². The normalized spacial score (nSPS) is 11.4. The largest absolute Gasteiger partial charge is 0.305 e. The SMILES string of the molecule is Fc1ccc(-c2ccccc2)c(F)c1N(c1ccc(-c2ccccc2)cc1)c1ccc2ccc3c(N(c4ccc(-c5ccccc5)cc4)c4c(F)ccc(-c5ccccc5)c4F)ccc4ccc1c2c43. The zero-order valence-electron chi connectivity index (χ0n) is 37.5. The molecule has 0 saturated heterocycles. The first kappa shape index (κ1) is 42.4. The monoisotopic (exact) mass is 912 g/mol. The van der Waals surface area contributed by atoms with Gasteiger partial charge in [-0.15, -0.1) is 0 Å². The highest BCUT2D eigenvalue weighted by atomic mass is 19.1. The molecule has 334 valence electrons. The fourth-order valence-electron chi connectivity index (χ4n) is 9.98. The maximum atomic E-state index is 17.4. The van der Waals surface area contributed by atoms with Crippen molar-refractivity contribution in [3.05, 3.63) is 266 Å². The van der Waals surface area contributed by atoms with E-state index in [0.29, 0.717) is 33.9 Å².